The minimum absolute atomic E-state index is 0.118. The van der Waals surface area contributed by atoms with E-state index < -0.39 is 0 Å². The fourth-order valence-corrected chi connectivity index (χ4v) is 2.29. The number of hydrogen-bond donors (Lipinski definition) is 2. The molecule has 3 N–H and O–H groups in total. The van der Waals surface area contributed by atoms with Gasteiger partial charge < -0.3 is 10.7 Å². The predicted molar refractivity (Wildman–Crippen MR) is 64.3 cm³/mol. The van der Waals surface area contributed by atoms with E-state index in [1.54, 1.807) is 12.4 Å². The Morgan fingerprint density at radius 1 is 1.50 bits per heavy atom. The summed E-state index contributed by atoms with van der Waals surface area (Å²) in [7, 11) is 0. The molecule has 0 saturated heterocycles. The van der Waals surface area contributed by atoms with Gasteiger partial charge in [0.2, 0.25) is 0 Å². The van der Waals surface area contributed by atoms with E-state index >= 15 is 0 Å². The van der Waals surface area contributed by atoms with Gasteiger partial charge >= 0.3 is 0 Å². The minimum atomic E-state index is 0.118. The lowest BCUT2D eigenvalue weighted by Crippen LogP contribution is -1.97. The number of halogens is 1. The molecule has 0 aliphatic rings. The van der Waals surface area contributed by atoms with Gasteiger partial charge in [0, 0.05) is 18.5 Å². The number of aromatic amines is 1. The highest BCUT2D eigenvalue weighted by Gasteiger charge is 2.12. The number of nitrogens with two attached hydrogens (primary N) is 1. The van der Waals surface area contributed by atoms with Crippen molar-refractivity contribution in [3.63, 3.8) is 0 Å². The Labute approximate surface area is 102 Å². The van der Waals surface area contributed by atoms with Gasteiger partial charge in [-0.25, -0.2) is 15.0 Å². The molecule has 0 aliphatic heterocycles. The minimum Gasteiger partial charge on any atom is -0.384 e. The number of nitrogens with one attached hydrogen (secondary N) is 1. The van der Waals surface area contributed by atoms with Crippen molar-refractivity contribution in [2.24, 2.45) is 0 Å². The zero-order valence-corrected chi connectivity index (χ0v) is 10.1. The maximum Gasteiger partial charge on any atom is 0.191 e. The number of aromatic nitrogens is 4. The molecule has 2 heterocycles. The van der Waals surface area contributed by atoms with Crippen molar-refractivity contribution in [2.45, 2.75) is 17.3 Å². The Hall–Kier alpha value is -1.27. The smallest absolute Gasteiger partial charge is 0.191 e. The fraction of sp³-hybridized carbons (Fsp3) is 0.222. The van der Waals surface area contributed by atoms with Crippen LogP contribution in [0.15, 0.2) is 23.6 Å². The highest BCUT2D eigenvalue weighted by molar-refractivity contribution is 7.99. The van der Waals surface area contributed by atoms with Gasteiger partial charge in [-0.05, 0) is 6.92 Å². The molecule has 7 heteroatoms. The summed E-state index contributed by atoms with van der Waals surface area (Å²) in [5.74, 6) is 1.24. The summed E-state index contributed by atoms with van der Waals surface area (Å²) in [5, 5.41) is 1.02. The first-order valence-corrected chi connectivity index (χ1v) is 5.87. The van der Waals surface area contributed by atoms with Crippen molar-refractivity contribution in [3.8, 4) is 0 Å². The van der Waals surface area contributed by atoms with Crippen molar-refractivity contribution in [3.05, 3.63) is 29.4 Å². The predicted octanol–water partition coefficient (Wildman–Crippen LogP) is 2.29. The van der Waals surface area contributed by atoms with E-state index in [4.69, 9.17) is 17.3 Å². The van der Waals surface area contributed by atoms with Crippen LogP contribution in [-0.2, 0) is 0 Å². The molecule has 0 spiro atoms. The Morgan fingerprint density at radius 2 is 2.31 bits per heavy atom. The van der Waals surface area contributed by atoms with Gasteiger partial charge in [0.15, 0.2) is 5.16 Å². The summed E-state index contributed by atoms with van der Waals surface area (Å²) in [6, 6.07) is 1.52. The van der Waals surface area contributed by atoms with Crippen molar-refractivity contribution in [2.75, 3.05) is 5.73 Å². The third kappa shape index (κ3) is 2.65. The lowest BCUT2D eigenvalue weighted by molar-refractivity contribution is 0.926. The molecule has 1 unspecified atom stereocenters. The van der Waals surface area contributed by atoms with Crippen molar-refractivity contribution < 1.29 is 0 Å². The van der Waals surface area contributed by atoms with Crippen LogP contribution in [0.4, 0.5) is 5.82 Å². The second kappa shape index (κ2) is 4.71. The second-order valence-electron chi connectivity index (χ2n) is 3.13. The molecule has 2 aromatic rings. The topological polar surface area (TPSA) is 80.5 Å². The summed E-state index contributed by atoms with van der Waals surface area (Å²) in [6.07, 6.45) is 3.49. The Bertz CT molecular complexity index is 453. The summed E-state index contributed by atoms with van der Waals surface area (Å²) in [4.78, 5) is 15.4. The fourth-order valence-electron chi connectivity index (χ4n) is 1.18. The Balaban J connectivity index is 2.15. The third-order valence-corrected chi connectivity index (χ3v) is 3.04. The zero-order chi connectivity index (χ0) is 11.5. The number of nitrogens with zero attached hydrogens (tertiary/aromatic N) is 3. The zero-order valence-electron chi connectivity index (χ0n) is 8.51. The maximum absolute atomic E-state index is 5.79. The van der Waals surface area contributed by atoms with Gasteiger partial charge in [0.05, 0.1) is 5.25 Å². The molecule has 5 nitrogen and oxygen atoms in total. The van der Waals surface area contributed by atoms with Crippen molar-refractivity contribution in [1.29, 1.82) is 0 Å². The van der Waals surface area contributed by atoms with Crippen LogP contribution in [0.25, 0.3) is 0 Å². The summed E-state index contributed by atoms with van der Waals surface area (Å²) >= 11 is 7.24. The van der Waals surface area contributed by atoms with Gasteiger partial charge in [-0.2, -0.15) is 0 Å². The molecule has 0 aromatic carbocycles. The van der Waals surface area contributed by atoms with Crippen LogP contribution >= 0.6 is 23.4 Å². The number of anilines is 1. The molecular weight excluding hydrogens is 246 g/mol. The van der Waals surface area contributed by atoms with Crippen LogP contribution in [0, 0.1) is 0 Å². The first kappa shape index (κ1) is 11.2. The van der Waals surface area contributed by atoms with Crippen LogP contribution in [-0.4, -0.2) is 19.9 Å². The molecule has 0 radical (unpaired) electrons. The van der Waals surface area contributed by atoms with Crippen molar-refractivity contribution in [1.82, 2.24) is 19.9 Å². The molecule has 0 saturated carbocycles. The Kier molecular flexibility index (Phi) is 3.31. The number of nitrogen functional groups attached to an aromatic ring is 1. The summed E-state index contributed by atoms with van der Waals surface area (Å²) in [5.41, 5.74) is 5.58. The Morgan fingerprint density at radius 3 is 2.94 bits per heavy atom. The van der Waals surface area contributed by atoms with Crippen LogP contribution in [0.2, 0.25) is 5.15 Å². The molecule has 0 aliphatic carbocycles. The lowest BCUT2D eigenvalue weighted by atomic mass is 10.5. The second-order valence-corrected chi connectivity index (χ2v) is 4.83. The van der Waals surface area contributed by atoms with Crippen LogP contribution < -0.4 is 5.73 Å². The number of H-pyrrole nitrogens is 1. The number of thioether (sulfide) groups is 1. The molecule has 0 fully saturated rings. The molecule has 16 heavy (non-hydrogen) atoms. The molecule has 2 aromatic heterocycles. The monoisotopic (exact) mass is 255 g/mol. The van der Waals surface area contributed by atoms with E-state index in [1.165, 1.54) is 17.8 Å². The van der Waals surface area contributed by atoms with E-state index in [2.05, 4.69) is 19.9 Å². The molecule has 2 rings (SSSR count). The van der Waals surface area contributed by atoms with E-state index in [1.807, 2.05) is 6.92 Å². The van der Waals surface area contributed by atoms with E-state index in [0.717, 1.165) is 5.82 Å². The van der Waals surface area contributed by atoms with Gasteiger partial charge in [0.1, 0.15) is 16.8 Å². The summed E-state index contributed by atoms with van der Waals surface area (Å²) in [6.45, 7) is 2.00. The van der Waals surface area contributed by atoms with Crippen molar-refractivity contribution >= 4 is 29.2 Å². The van der Waals surface area contributed by atoms with Gasteiger partial charge in [0.25, 0.3) is 0 Å². The molecule has 84 valence electrons. The van der Waals surface area contributed by atoms with Crippen LogP contribution in [0.5, 0.6) is 0 Å². The normalized spacial score (nSPS) is 12.6. The van der Waals surface area contributed by atoms with Gasteiger partial charge in [-0.3, -0.25) is 0 Å². The highest BCUT2D eigenvalue weighted by atomic mass is 35.5. The summed E-state index contributed by atoms with van der Waals surface area (Å²) < 4.78 is 0. The van der Waals surface area contributed by atoms with Crippen LogP contribution in [0.3, 0.4) is 0 Å². The standard InChI is InChI=1S/C9H10ClN5S/c1-5(8-12-2-3-13-8)16-9-14-6(10)4-7(11)15-9/h2-5H,1H3,(H,12,13)(H2,11,14,15). The average Bonchev–Trinajstić information content (AvgIpc) is 2.68. The third-order valence-electron chi connectivity index (χ3n) is 1.88. The number of rotatable bonds is 3. The number of imidazole rings is 1. The van der Waals surface area contributed by atoms with Gasteiger partial charge in [-0.1, -0.05) is 23.4 Å². The quantitative estimate of drug-likeness (QED) is 0.500. The lowest BCUT2D eigenvalue weighted by Gasteiger charge is -2.07. The largest absolute Gasteiger partial charge is 0.384 e. The van der Waals surface area contributed by atoms with Gasteiger partial charge in [-0.15, -0.1) is 0 Å². The highest BCUT2D eigenvalue weighted by Crippen LogP contribution is 2.31. The molecule has 1 atom stereocenters. The SMILES string of the molecule is CC(Sc1nc(N)cc(Cl)n1)c1ncc[nH]1. The van der Waals surface area contributed by atoms with E-state index in [9.17, 15) is 0 Å². The van der Waals surface area contributed by atoms with E-state index in [0.29, 0.717) is 16.1 Å². The first-order chi connectivity index (χ1) is 7.65. The van der Waals surface area contributed by atoms with Crippen LogP contribution in [0.1, 0.15) is 18.0 Å². The average molecular weight is 256 g/mol. The molecular formula is C9H10ClN5S. The first-order valence-electron chi connectivity index (χ1n) is 4.61. The molecule has 0 bridgehead atoms. The maximum atomic E-state index is 5.79. The number of hydrogen-bond acceptors (Lipinski definition) is 5. The molecule has 0 amide bonds. The van der Waals surface area contributed by atoms with E-state index in [-0.39, 0.29) is 5.25 Å².